The fourth-order valence-corrected chi connectivity index (χ4v) is 3.17. The van der Waals surface area contributed by atoms with Crippen LogP contribution in [0.3, 0.4) is 0 Å². The minimum absolute atomic E-state index is 0.00356. The predicted molar refractivity (Wildman–Crippen MR) is 88.9 cm³/mol. The van der Waals surface area contributed by atoms with Gasteiger partial charge in [-0.1, -0.05) is 49.4 Å². The van der Waals surface area contributed by atoms with Crippen LogP contribution in [0.2, 0.25) is 0 Å². The van der Waals surface area contributed by atoms with Crippen molar-refractivity contribution in [3.8, 4) is 0 Å². The van der Waals surface area contributed by atoms with E-state index < -0.39 is 5.66 Å². The maximum absolute atomic E-state index is 6.67. The van der Waals surface area contributed by atoms with Crippen molar-refractivity contribution in [1.29, 1.82) is 0 Å². The van der Waals surface area contributed by atoms with E-state index in [-0.39, 0.29) is 5.92 Å². The predicted octanol–water partition coefficient (Wildman–Crippen LogP) is 2.93. The molecule has 2 aromatic carbocycles. The summed E-state index contributed by atoms with van der Waals surface area (Å²) in [6.45, 7) is 2.11. The number of hydrogen-bond acceptors (Lipinski definition) is 4. The highest BCUT2D eigenvalue weighted by Gasteiger charge is 2.40. The van der Waals surface area contributed by atoms with E-state index >= 15 is 0 Å². The average Bonchev–Trinajstić information content (AvgIpc) is 3.04. The van der Waals surface area contributed by atoms with E-state index in [9.17, 15) is 0 Å². The molecule has 0 fully saturated rings. The Hall–Kier alpha value is -2.66. The van der Waals surface area contributed by atoms with Crippen molar-refractivity contribution in [1.82, 2.24) is 9.97 Å². The Morgan fingerprint density at radius 2 is 1.95 bits per heavy atom. The fourth-order valence-electron chi connectivity index (χ4n) is 3.17. The molecule has 4 rings (SSSR count). The summed E-state index contributed by atoms with van der Waals surface area (Å²) in [7, 11) is 0. The number of rotatable bonds is 2. The summed E-state index contributed by atoms with van der Waals surface area (Å²) in [5.74, 6) is 0.737. The van der Waals surface area contributed by atoms with Crippen LogP contribution < -0.4 is 11.1 Å². The molecule has 2 unspecified atom stereocenters. The van der Waals surface area contributed by atoms with E-state index in [1.165, 1.54) is 16.3 Å². The molecule has 0 aliphatic carbocycles. The van der Waals surface area contributed by atoms with Gasteiger partial charge in [0.2, 0.25) is 0 Å². The van der Waals surface area contributed by atoms with E-state index in [1.807, 2.05) is 6.07 Å². The molecule has 1 aromatic heterocycles. The second kappa shape index (κ2) is 4.68. The number of H-pyrrole nitrogens is 1. The number of fused-ring (bicyclic) bond motifs is 2. The van der Waals surface area contributed by atoms with Gasteiger partial charge in [0.25, 0.3) is 0 Å². The first-order valence-corrected chi connectivity index (χ1v) is 7.31. The minimum atomic E-state index is -0.860. The molecule has 2 atom stereocenters. The van der Waals surface area contributed by atoms with Gasteiger partial charge in [0, 0.05) is 5.92 Å². The third-order valence-corrected chi connectivity index (χ3v) is 4.47. The van der Waals surface area contributed by atoms with Crippen LogP contribution in [0.4, 0.5) is 5.82 Å². The number of nitrogens with one attached hydrogen (secondary N) is 2. The Morgan fingerprint density at radius 1 is 1.14 bits per heavy atom. The number of nitrogens with two attached hydrogens (primary N) is 1. The Bertz CT molecular complexity index is 861. The molecule has 2 heterocycles. The van der Waals surface area contributed by atoms with Gasteiger partial charge in [-0.3, -0.25) is 0 Å². The zero-order valence-corrected chi connectivity index (χ0v) is 12.2. The van der Waals surface area contributed by atoms with E-state index in [1.54, 1.807) is 12.7 Å². The van der Waals surface area contributed by atoms with Crippen LogP contribution in [0.5, 0.6) is 0 Å². The molecule has 0 spiro atoms. The van der Waals surface area contributed by atoms with Gasteiger partial charge in [0.1, 0.15) is 5.69 Å². The lowest BCUT2D eigenvalue weighted by molar-refractivity contribution is 0.383. The van der Waals surface area contributed by atoms with Gasteiger partial charge in [-0.25, -0.2) is 9.98 Å². The molecule has 110 valence electrons. The third-order valence-electron chi connectivity index (χ3n) is 4.47. The van der Waals surface area contributed by atoms with Crippen LogP contribution >= 0.6 is 0 Å². The summed E-state index contributed by atoms with van der Waals surface area (Å²) < 4.78 is 0. The van der Waals surface area contributed by atoms with Crippen LogP contribution in [0.25, 0.3) is 10.8 Å². The first-order valence-electron chi connectivity index (χ1n) is 7.31. The molecular formula is C17H17N5. The molecule has 0 saturated carbocycles. The Kier molecular flexibility index (Phi) is 2.77. The largest absolute Gasteiger partial charge is 0.344 e. The fraction of sp³-hybridized carbons (Fsp3) is 0.176. The summed E-state index contributed by atoms with van der Waals surface area (Å²) in [5, 5.41) is 5.44. The molecule has 0 bridgehead atoms. The molecule has 3 aromatic rings. The molecular weight excluding hydrogens is 274 g/mol. The summed E-state index contributed by atoms with van der Waals surface area (Å²) in [5.41, 5.74) is 7.81. The molecule has 0 radical (unpaired) electrons. The molecule has 5 nitrogen and oxygen atoms in total. The van der Waals surface area contributed by atoms with Crippen LogP contribution in [-0.4, -0.2) is 16.3 Å². The van der Waals surface area contributed by atoms with E-state index in [4.69, 9.17) is 5.73 Å². The lowest BCUT2D eigenvalue weighted by Gasteiger charge is -2.34. The summed E-state index contributed by atoms with van der Waals surface area (Å²) in [6, 6.07) is 14.6. The Balaban J connectivity index is 1.89. The zero-order chi connectivity index (χ0) is 15.2. The van der Waals surface area contributed by atoms with Gasteiger partial charge in [-0.05, 0) is 16.3 Å². The van der Waals surface area contributed by atoms with Crippen molar-refractivity contribution in [2.45, 2.75) is 18.5 Å². The maximum Gasteiger partial charge on any atom is 0.160 e. The minimum Gasteiger partial charge on any atom is -0.344 e. The van der Waals surface area contributed by atoms with Crippen LogP contribution in [-0.2, 0) is 5.66 Å². The molecule has 22 heavy (non-hydrogen) atoms. The number of hydrogen-bond donors (Lipinski definition) is 3. The van der Waals surface area contributed by atoms with Gasteiger partial charge in [0.05, 0.1) is 12.7 Å². The van der Waals surface area contributed by atoms with Gasteiger partial charge in [0.15, 0.2) is 11.5 Å². The first kappa shape index (κ1) is 13.0. The van der Waals surface area contributed by atoms with Crippen LogP contribution in [0.15, 0.2) is 53.8 Å². The zero-order valence-electron chi connectivity index (χ0n) is 12.2. The number of aliphatic imine (C=N–C) groups is 1. The van der Waals surface area contributed by atoms with Crippen molar-refractivity contribution in [2.24, 2.45) is 10.7 Å². The standard InChI is InChI=1S/C17H17N5/c1-11(13-8-4-6-12-5-2-3-7-14(12)13)17(18)15-16(20-9-19-15)21-10-22-17/h2-11H,18H2,1H3,(H,19,20)(H,21,22). The van der Waals surface area contributed by atoms with Crippen molar-refractivity contribution in [2.75, 3.05) is 5.32 Å². The second-order valence-corrected chi connectivity index (χ2v) is 5.64. The number of aromatic amines is 1. The van der Waals surface area contributed by atoms with E-state index in [0.717, 1.165) is 11.5 Å². The van der Waals surface area contributed by atoms with Gasteiger partial charge in [-0.2, -0.15) is 0 Å². The van der Waals surface area contributed by atoms with Crippen LogP contribution in [0.1, 0.15) is 24.1 Å². The number of imidazole rings is 1. The molecule has 1 aliphatic heterocycles. The summed E-state index contributed by atoms with van der Waals surface area (Å²) in [4.78, 5) is 11.9. The highest BCUT2D eigenvalue weighted by molar-refractivity contribution is 5.86. The third kappa shape index (κ3) is 1.76. The summed E-state index contributed by atoms with van der Waals surface area (Å²) >= 11 is 0. The number of anilines is 1. The SMILES string of the molecule is CC(c1cccc2ccccc12)C1(N)N=CNc2nc[nH]c21. The monoisotopic (exact) mass is 291 g/mol. The molecule has 4 N–H and O–H groups in total. The van der Waals surface area contributed by atoms with Crippen molar-refractivity contribution >= 4 is 22.9 Å². The first-order chi connectivity index (χ1) is 10.7. The highest BCUT2D eigenvalue weighted by Crippen LogP contribution is 2.41. The number of nitrogens with zero attached hydrogens (tertiary/aromatic N) is 2. The van der Waals surface area contributed by atoms with Gasteiger partial charge < -0.3 is 16.0 Å². The highest BCUT2D eigenvalue weighted by atomic mass is 15.2. The van der Waals surface area contributed by atoms with E-state index in [0.29, 0.717) is 0 Å². The molecule has 0 saturated heterocycles. The quantitative estimate of drug-likeness (QED) is 0.679. The topological polar surface area (TPSA) is 79.1 Å². The Labute approximate surface area is 128 Å². The Morgan fingerprint density at radius 3 is 2.86 bits per heavy atom. The van der Waals surface area contributed by atoms with Crippen molar-refractivity contribution < 1.29 is 0 Å². The van der Waals surface area contributed by atoms with Crippen molar-refractivity contribution in [3.63, 3.8) is 0 Å². The van der Waals surface area contributed by atoms with E-state index in [2.05, 4.69) is 63.6 Å². The maximum atomic E-state index is 6.67. The number of benzene rings is 2. The molecule has 0 amide bonds. The van der Waals surface area contributed by atoms with Gasteiger partial charge >= 0.3 is 0 Å². The smallest absolute Gasteiger partial charge is 0.160 e. The van der Waals surface area contributed by atoms with Crippen LogP contribution in [0, 0.1) is 0 Å². The van der Waals surface area contributed by atoms with Crippen molar-refractivity contribution in [3.05, 3.63) is 60.0 Å². The lowest BCUT2D eigenvalue weighted by Crippen LogP contribution is -2.43. The molecule has 1 aliphatic rings. The number of aromatic nitrogens is 2. The lowest BCUT2D eigenvalue weighted by atomic mass is 9.83. The van der Waals surface area contributed by atoms with Gasteiger partial charge in [-0.15, -0.1) is 0 Å². The summed E-state index contributed by atoms with van der Waals surface area (Å²) in [6.07, 6.45) is 3.27. The average molecular weight is 291 g/mol. The normalized spacial score (nSPS) is 21.4. The molecule has 5 heteroatoms. The second-order valence-electron chi connectivity index (χ2n) is 5.64.